The van der Waals surface area contributed by atoms with Gasteiger partial charge in [-0.25, -0.2) is 0 Å². The molecule has 0 unspecified atom stereocenters. The Labute approximate surface area is 114 Å². The molecule has 0 aromatic carbocycles. The number of amides is 1. The van der Waals surface area contributed by atoms with Gasteiger partial charge in [-0.15, -0.1) is 11.3 Å². The molecule has 4 nitrogen and oxygen atoms in total. The van der Waals surface area contributed by atoms with Crippen molar-refractivity contribution in [3.63, 3.8) is 0 Å². The molecule has 1 N–H and O–H groups in total. The summed E-state index contributed by atoms with van der Waals surface area (Å²) in [4.78, 5) is 15.2. The van der Waals surface area contributed by atoms with Crippen LogP contribution in [0.25, 0.3) is 0 Å². The summed E-state index contributed by atoms with van der Waals surface area (Å²) in [5.74, 6) is -0.379. The first-order valence-electron chi connectivity index (χ1n) is 6.00. The van der Waals surface area contributed by atoms with Crippen molar-refractivity contribution in [1.82, 2.24) is 10.2 Å². The molecule has 1 fully saturated rings. The summed E-state index contributed by atoms with van der Waals surface area (Å²) in [7, 11) is 1.98. The molecular weight excluding hydrogens is 274 g/mol. The third-order valence-corrected chi connectivity index (χ3v) is 4.00. The van der Waals surface area contributed by atoms with Gasteiger partial charge < -0.3 is 15.0 Å². The van der Waals surface area contributed by atoms with Gasteiger partial charge in [0.2, 0.25) is 0 Å². The number of nitrogens with zero attached hydrogens (tertiary/aromatic N) is 1. The number of halogens is 2. The van der Waals surface area contributed by atoms with Crippen molar-refractivity contribution >= 4 is 17.2 Å². The lowest BCUT2D eigenvalue weighted by Gasteiger charge is -2.13. The first kappa shape index (κ1) is 14.2. The van der Waals surface area contributed by atoms with Crippen LogP contribution in [0.15, 0.2) is 6.07 Å². The number of aryl methyl sites for hydroxylation is 1. The van der Waals surface area contributed by atoms with E-state index >= 15 is 0 Å². The minimum absolute atomic E-state index is 0.0404. The normalized spacial score (nSPS) is 19.9. The van der Waals surface area contributed by atoms with E-state index in [1.165, 1.54) is 6.07 Å². The molecule has 1 aliphatic rings. The van der Waals surface area contributed by atoms with Gasteiger partial charge in [0.25, 0.3) is 5.91 Å². The van der Waals surface area contributed by atoms with Gasteiger partial charge in [0, 0.05) is 17.5 Å². The second kappa shape index (κ2) is 5.83. The van der Waals surface area contributed by atoms with Crippen molar-refractivity contribution in [1.29, 1.82) is 0 Å². The molecule has 19 heavy (non-hydrogen) atoms. The standard InChI is InChI=1S/C12H16F2N2O2S/c1-7-5-9(18-12(13)14)10(19-7)11(17)15-8-3-4-16(2)6-8/h5,8,12H,3-4,6H2,1-2H3,(H,15,17)/t8-/m0/s1. The average molecular weight is 290 g/mol. The van der Waals surface area contributed by atoms with Crippen LogP contribution < -0.4 is 10.1 Å². The van der Waals surface area contributed by atoms with E-state index in [4.69, 9.17) is 0 Å². The number of hydrogen-bond donors (Lipinski definition) is 1. The smallest absolute Gasteiger partial charge is 0.387 e. The zero-order valence-corrected chi connectivity index (χ0v) is 11.6. The molecule has 1 amide bonds. The Morgan fingerprint density at radius 2 is 2.37 bits per heavy atom. The average Bonchev–Trinajstić information content (AvgIpc) is 2.84. The summed E-state index contributed by atoms with van der Waals surface area (Å²) in [5.41, 5.74) is 0. The number of alkyl halides is 2. The quantitative estimate of drug-likeness (QED) is 0.923. The Hall–Kier alpha value is -1.21. The minimum Gasteiger partial charge on any atom is -0.433 e. The molecule has 2 rings (SSSR count). The van der Waals surface area contributed by atoms with E-state index in [0.29, 0.717) is 0 Å². The van der Waals surface area contributed by atoms with E-state index in [9.17, 15) is 13.6 Å². The summed E-state index contributed by atoms with van der Waals surface area (Å²) in [5, 5.41) is 2.86. The molecule has 1 aromatic rings. The fourth-order valence-corrected chi connectivity index (χ4v) is 2.98. The van der Waals surface area contributed by atoms with Crippen LogP contribution in [0.4, 0.5) is 8.78 Å². The first-order valence-corrected chi connectivity index (χ1v) is 6.82. The van der Waals surface area contributed by atoms with Crippen LogP contribution >= 0.6 is 11.3 Å². The van der Waals surface area contributed by atoms with E-state index in [1.807, 2.05) is 7.05 Å². The predicted molar refractivity (Wildman–Crippen MR) is 69.1 cm³/mol. The van der Waals surface area contributed by atoms with Crippen LogP contribution in [0.5, 0.6) is 5.75 Å². The van der Waals surface area contributed by atoms with Crippen molar-refractivity contribution in [3.05, 3.63) is 15.8 Å². The first-order chi connectivity index (χ1) is 8.95. The van der Waals surface area contributed by atoms with E-state index in [0.717, 1.165) is 35.7 Å². The Balaban J connectivity index is 2.05. The lowest BCUT2D eigenvalue weighted by atomic mass is 10.2. The van der Waals surface area contributed by atoms with Crippen molar-refractivity contribution in [2.75, 3.05) is 20.1 Å². The molecule has 2 heterocycles. The number of rotatable bonds is 4. The summed E-state index contributed by atoms with van der Waals surface area (Å²) in [6, 6.07) is 1.53. The van der Waals surface area contributed by atoms with Gasteiger partial charge in [-0.2, -0.15) is 8.78 Å². The van der Waals surface area contributed by atoms with Crippen LogP contribution in [-0.2, 0) is 0 Å². The monoisotopic (exact) mass is 290 g/mol. The minimum atomic E-state index is -2.92. The SMILES string of the molecule is Cc1cc(OC(F)F)c(C(=O)N[C@H]2CCN(C)C2)s1. The maximum absolute atomic E-state index is 12.3. The Morgan fingerprint density at radius 3 is 2.95 bits per heavy atom. The van der Waals surface area contributed by atoms with Gasteiger partial charge in [-0.1, -0.05) is 0 Å². The van der Waals surface area contributed by atoms with Gasteiger partial charge >= 0.3 is 6.61 Å². The molecule has 106 valence electrons. The number of thiophene rings is 1. The van der Waals surface area contributed by atoms with Crippen molar-refractivity contribution in [3.8, 4) is 5.75 Å². The van der Waals surface area contributed by atoms with Gasteiger partial charge in [0.15, 0.2) is 0 Å². The van der Waals surface area contributed by atoms with E-state index in [-0.39, 0.29) is 22.6 Å². The van der Waals surface area contributed by atoms with Crippen LogP contribution in [0.2, 0.25) is 0 Å². The van der Waals surface area contributed by atoms with Crippen LogP contribution in [0.3, 0.4) is 0 Å². The highest BCUT2D eigenvalue weighted by Crippen LogP contribution is 2.30. The van der Waals surface area contributed by atoms with E-state index in [1.54, 1.807) is 6.92 Å². The molecule has 1 saturated heterocycles. The predicted octanol–water partition coefficient (Wildman–Crippen LogP) is 2.09. The molecule has 1 aliphatic heterocycles. The van der Waals surface area contributed by atoms with Crippen molar-refractivity contribution < 1.29 is 18.3 Å². The lowest BCUT2D eigenvalue weighted by molar-refractivity contribution is -0.0498. The molecule has 0 spiro atoms. The lowest BCUT2D eigenvalue weighted by Crippen LogP contribution is -2.36. The topological polar surface area (TPSA) is 41.6 Å². The zero-order valence-electron chi connectivity index (χ0n) is 10.8. The zero-order chi connectivity index (χ0) is 14.0. The van der Waals surface area contributed by atoms with Crippen LogP contribution in [0, 0.1) is 6.92 Å². The molecular formula is C12H16F2N2O2S. The highest BCUT2D eigenvalue weighted by atomic mass is 32.1. The van der Waals surface area contributed by atoms with Gasteiger partial charge in [-0.05, 0) is 33.0 Å². The Bertz CT molecular complexity index is 465. The molecule has 0 bridgehead atoms. The highest BCUT2D eigenvalue weighted by molar-refractivity contribution is 7.14. The van der Waals surface area contributed by atoms with Gasteiger partial charge in [0.1, 0.15) is 10.6 Å². The number of carbonyl (C=O) groups is 1. The van der Waals surface area contributed by atoms with E-state index < -0.39 is 6.61 Å². The van der Waals surface area contributed by atoms with Crippen molar-refractivity contribution in [2.45, 2.75) is 26.0 Å². The summed E-state index contributed by atoms with van der Waals surface area (Å²) in [6.07, 6.45) is 0.873. The van der Waals surface area contributed by atoms with Crippen LogP contribution in [-0.4, -0.2) is 43.6 Å². The second-order valence-corrected chi connectivity index (χ2v) is 5.91. The molecule has 0 aliphatic carbocycles. The number of ether oxygens (including phenoxy) is 1. The molecule has 0 radical (unpaired) electrons. The summed E-state index contributed by atoms with van der Waals surface area (Å²) in [6.45, 7) is 0.539. The van der Waals surface area contributed by atoms with E-state index in [2.05, 4.69) is 15.0 Å². The number of carbonyl (C=O) groups excluding carboxylic acids is 1. The molecule has 7 heteroatoms. The highest BCUT2D eigenvalue weighted by Gasteiger charge is 2.25. The number of nitrogens with one attached hydrogen (secondary N) is 1. The second-order valence-electron chi connectivity index (χ2n) is 4.65. The third kappa shape index (κ3) is 3.63. The van der Waals surface area contributed by atoms with Crippen LogP contribution in [0.1, 0.15) is 21.0 Å². The fraction of sp³-hybridized carbons (Fsp3) is 0.583. The molecule has 1 aromatic heterocycles. The number of likely N-dealkylation sites (N-methyl/N-ethyl adjacent to an activating group) is 1. The van der Waals surface area contributed by atoms with Gasteiger partial charge in [0.05, 0.1) is 0 Å². The largest absolute Gasteiger partial charge is 0.433 e. The maximum atomic E-state index is 12.3. The third-order valence-electron chi connectivity index (χ3n) is 2.97. The Kier molecular flexibility index (Phi) is 4.36. The molecule has 1 atom stereocenters. The molecule has 0 saturated carbocycles. The fourth-order valence-electron chi connectivity index (χ4n) is 2.14. The number of hydrogen-bond acceptors (Lipinski definition) is 4. The summed E-state index contributed by atoms with van der Waals surface area (Å²) >= 11 is 1.16. The number of likely N-dealkylation sites (tertiary alicyclic amines) is 1. The summed E-state index contributed by atoms with van der Waals surface area (Å²) < 4.78 is 28.9. The maximum Gasteiger partial charge on any atom is 0.387 e. The van der Waals surface area contributed by atoms with Crippen molar-refractivity contribution in [2.24, 2.45) is 0 Å². The van der Waals surface area contributed by atoms with Gasteiger partial charge in [-0.3, -0.25) is 4.79 Å². The Morgan fingerprint density at radius 1 is 1.63 bits per heavy atom.